The summed E-state index contributed by atoms with van der Waals surface area (Å²) in [6, 6.07) is 8.62. The number of carbonyl (C=O) groups excluding carboxylic acids is 1. The largest absolute Gasteiger partial charge is 0.465 e. The third-order valence-corrected chi connectivity index (χ3v) is 5.70. The first-order valence-electron chi connectivity index (χ1n) is 6.95. The molecular weight excluding hydrogens is 334 g/mol. The fourth-order valence-corrected chi connectivity index (χ4v) is 4.59. The zero-order chi connectivity index (χ0) is 17.3. The van der Waals surface area contributed by atoms with E-state index in [2.05, 4.69) is 9.46 Å². The number of hydrogen-bond donors (Lipinski definition) is 1. The number of hydrogen-bond acceptors (Lipinski definition) is 5. The van der Waals surface area contributed by atoms with Gasteiger partial charge < -0.3 is 4.74 Å². The van der Waals surface area contributed by atoms with E-state index in [0.29, 0.717) is 5.69 Å². The molecule has 0 saturated carbocycles. The molecule has 0 saturated heterocycles. The van der Waals surface area contributed by atoms with Crippen molar-refractivity contribution in [3.05, 3.63) is 46.2 Å². The van der Waals surface area contributed by atoms with Crippen molar-refractivity contribution >= 4 is 33.0 Å². The third-order valence-electron chi connectivity index (χ3n) is 3.27. The summed E-state index contributed by atoms with van der Waals surface area (Å²) in [5.74, 6) is -0.663. The maximum Gasteiger partial charge on any atom is 0.349 e. The average Bonchev–Trinajstić information content (AvgIpc) is 2.96. The van der Waals surface area contributed by atoms with Crippen molar-refractivity contribution in [2.75, 3.05) is 11.8 Å². The molecular formula is C16H19NO4S2. The van der Waals surface area contributed by atoms with Crippen LogP contribution in [0.2, 0.25) is 0 Å². The normalized spacial score (nSPS) is 12.0. The molecule has 0 atom stereocenters. The lowest BCUT2D eigenvalue weighted by Gasteiger charge is -2.23. The third kappa shape index (κ3) is 3.73. The second-order valence-corrected chi connectivity index (χ2v) is 8.57. The fraction of sp³-hybridized carbons (Fsp3) is 0.312. The van der Waals surface area contributed by atoms with E-state index in [0.717, 1.165) is 16.9 Å². The second kappa shape index (κ2) is 6.33. The molecule has 0 aliphatic rings. The molecule has 1 aromatic carbocycles. The molecule has 2 aromatic rings. The number of methoxy groups -OCH3 is 1. The van der Waals surface area contributed by atoms with Gasteiger partial charge in [0.1, 0.15) is 9.77 Å². The van der Waals surface area contributed by atoms with Crippen LogP contribution in [0.4, 0.5) is 5.69 Å². The number of thiophene rings is 1. The lowest BCUT2D eigenvalue weighted by molar-refractivity contribution is 0.0602. The molecule has 2 rings (SSSR count). The molecule has 1 aromatic heterocycles. The lowest BCUT2D eigenvalue weighted by atomic mass is 9.86. The Morgan fingerprint density at radius 2 is 1.83 bits per heavy atom. The molecule has 7 heteroatoms. The van der Waals surface area contributed by atoms with Crippen LogP contribution in [0.1, 0.15) is 36.0 Å². The summed E-state index contributed by atoms with van der Waals surface area (Å²) >= 11 is 1.04. The minimum absolute atomic E-state index is 0.0632. The van der Waals surface area contributed by atoms with Gasteiger partial charge in [-0.2, -0.15) is 0 Å². The summed E-state index contributed by atoms with van der Waals surface area (Å²) in [5.41, 5.74) is 1.15. The van der Waals surface area contributed by atoms with Gasteiger partial charge in [-0.25, -0.2) is 13.2 Å². The number of anilines is 1. The van der Waals surface area contributed by atoms with Crippen molar-refractivity contribution in [2.45, 2.75) is 31.1 Å². The Balaban J connectivity index is 2.45. The SMILES string of the molecule is COC(=O)c1sccc1S(=O)(=O)Nc1ccccc1C(C)(C)C. The number of esters is 1. The van der Waals surface area contributed by atoms with E-state index in [9.17, 15) is 13.2 Å². The van der Waals surface area contributed by atoms with Crippen LogP contribution < -0.4 is 4.72 Å². The number of sulfonamides is 1. The standard InChI is InChI=1S/C16H19NO4S2/c1-16(2,3)11-7-5-6-8-12(11)17-23(19,20)13-9-10-22-14(13)15(18)21-4/h5-10,17H,1-4H3. The Morgan fingerprint density at radius 1 is 1.17 bits per heavy atom. The van der Waals surface area contributed by atoms with Crippen molar-refractivity contribution in [1.29, 1.82) is 0 Å². The highest BCUT2D eigenvalue weighted by atomic mass is 32.2. The first-order valence-corrected chi connectivity index (χ1v) is 9.31. The minimum atomic E-state index is -3.88. The number of nitrogens with one attached hydrogen (secondary N) is 1. The molecule has 0 radical (unpaired) electrons. The number of para-hydroxylation sites is 1. The number of ether oxygens (including phenoxy) is 1. The van der Waals surface area contributed by atoms with E-state index in [-0.39, 0.29) is 15.2 Å². The molecule has 23 heavy (non-hydrogen) atoms. The van der Waals surface area contributed by atoms with Crippen molar-refractivity contribution < 1.29 is 17.9 Å². The number of rotatable bonds is 4. The van der Waals surface area contributed by atoms with Crippen LogP contribution in [0.5, 0.6) is 0 Å². The van der Waals surface area contributed by atoms with E-state index in [1.165, 1.54) is 13.2 Å². The number of carbonyl (C=O) groups is 1. The van der Waals surface area contributed by atoms with E-state index in [4.69, 9.17) is 0 Å². The maximum absolute atomic E-state index is 12.7. The Morgan fingerprint density at radius 3 is 2.43 bits per heavy atom. The van der Waals surface area contributed by atoms with Gasteiger partial charge in [0, 0.05) is 0 Å². The highest BCUT2D eigenvalue weighted by Crippen LogP contribution is 2.32. The minimum Gasteiger partial charge on any atom is -0.465 e. The predicted octanol–water partition coefficient (Wildman–Crippen LogP) is 3.63. The Bertz CT molecular complexity index is 817. The molecule has 0 amide bonds. The van der Waals surface area contributed by atoms with E-state index < -0.39 is 16.0 Å². The highest BCUT2D eigenvalue weighted by Gasteiger charge is 2.26. The van der Waals surface area contributed by atoms with Crippen molar-refractivity contribution in [3.8, 4) is 0 Å². The fourth-order valence-electron chi connectivity index (χ4n) is 2.18. The molecule has 0 spiro atoms. The van der Waals surface area contributed by atoms with Crippen molar-refractivity contribution in [1.82, 2.24) is 0 Å². The summed E-state index contributed by atoms with van der Waals surface area (Å²) in [6.07, 6.45) is 0. The average molecular weight is 353 g/mol. The summed E-state index contributed by atoms with van der Waals surface area (Å²) in [6.45, 7) is 6.01. The molecule has 0 unspecified atom stereocenters. The molecule has 124 valence electrons. The summed E-state index contributed by atoms with van der Waals surface area (Å²) in [5, 5.41) is 1.55. The first kappa shape index (κ1) is 17.5. The maximum atomic E-state index is 12.7. The Hall–Kier alpha value is -1.86. The van der Waals surface area contributed by atoms with Crippen LogP contribution in [0.3, 0.4) is 0 Å². The van der Waals surface area contributed by atoms with Crippen LogP contribution in [0.25, 0.3) is 0 Å². The molecule has 0 aliphatic carbocycles. The van der Waals surface area contributed by atoms with Crippen LogP contribution in [0, 0.1) is 0 Å². The van der Waals surface area contributed by atoms with Gasteiger partial charge in [-0.1, -0.05) is 39.0 Å². The van der Waals surface area contributed by atoms with Gasteiger partial charge >= 0.3 is 5.97 Å². The Labute approximate surface area is 140 Å². The van der Waals surface area contributed by atoms with E-state index in [1.54, 1.807) is 17.5 Å². The van der Waals surface area contributed by atoms with E-state index in [1.807, 2.05) is 32.9 Å². The van der Waals surface area contributed by atoms with Gasteiger partial charge in [0.05, 0.1) is 12.8 Å². The highest BCUT2D eigenvalue weighted by molar-refractivity contribution is 7.93. The molecule has 0 bridgehead atoms. The van der Waals surface area contributed by atoms with Crippen LogP contribution in [-0.4, -0.2) is 21.5 Å². The summed E-state index contributed by atoms with van der Waals surface area (Å²) in [4.78, 5) is 11.7. The Kier molecular flexibility index (Phi) is 4.81. The van der Waals surface area contributed by atoms with Gasteiger partial charge in [0.15, 0.2) is 0 Å². The molecule has 0 fully saturated rings. The number of benzene rings is 1. The van der Waals surface area contributed by atoms with Crippen LogP contribution >= 0.6 is 11.3 Å². The van der Waals surface area contributed by atoms with Crippen molar-refractivity contribution in [3.63, 3.8) is 0 Å². The zero-order valence-electron chi connectivity index (χ0n) is 13.4. The molecule has 0 aliphatic heterocycles. The second-order valence-electron chi connectivity index (χ2n) is 6.01. The quantitative estimate of drug-likeness (QED) is 0.852. The van der Waals surface area contributed by atoms with Crippen molar-refractivity contribution in [2.24, 2.45) is 0 Å². The van der Waals surface area contributed by atoms with E-state index >= 15 is 0 Å². The molecule has 5 nitrogen and oxygen atoms in total. The predicted molar refractivity (Wildman–Crippen MR) is 91.6 cm³/mol. The molecule has 1 N–H and O–H groups in total. The van der Waals surface area contributed by atoms with Gasteiger partial charge in [-0.3, -0.25) is 4.72 Å². The summed E-state index contributed by atoms with van der Waals surface area (Å²) in [7, 11) is -2.66. The van der Waals surface area contributed by atoms with Gasteiger partial charge in [0.25, 0.3) is 10.0 Å². The zero-order valence-corrected chi connectivity index (χ0v) is 15.0. The molecule has 1 heterocycles. The van der Waals surface area contributed by atoms with Crippen LogP contribution in [-0.2, 0) is 20.2 Å². The smallest absolute Gasteiger partial charge is 0.349 e. The monoisotopic (exact) mass is 353 g/mol. The van der Waals surface area contributed by atoms with Gasteiger partial charge in [0.2, 0.25) is 0 Å². The lowest BCUT2D eigenvalue weighted by Crippen LogP contribution is -2.20. The topological polar surface area (TPSA) is 72.5 Å². The van der Waals surface area contributed by atoms with Crippen LogP contribution in [0.15, 0.2) is 40.6 Å². The van der Waals surface area contributed by atoms with Gasteiger partial charge in [-0.15, -0.1) is 11.3 Å². The van der Waals surface area contributed by atoms with Gasteiger partial charge in [-0.05, 0) is 28.5 Å². The first-order chi connectivity index (χ1) is 10.7. The summed E-state index contributed by atoms with van der Waals surface area (Å²) < 4.78 is 32.6.